The number of hydrogen-bond acceptors (Lipinski definition) is 3. The SMILES string of the molecule is Cc1ccc2c(c1)SC(C(=O)Nc1ccc3[nH]c(C(N)=O)cc3c1)C2. The average molecular weight is 351 g/mol. The third kappa shape index (κ3) is 3.00. The van der Waals surface area contributed by atoms with E-state index in [4.69, 9.17) is 5.73 Å². The van der Waals surface area contributed by atoms with Gasteiger partial charge >= 0.3 is 0 Å². The number of amides is 2. The summed E-state index contributed by atoms with van der Waals surface area (Å²) < 4.78 is 0. The van der Waals surface area contributed by atoms with E-state index < -0.39 is 5.91 Å². The van der Waals surface area contributed by atoms with Crippen molar-refractivity contribution in [3.05, 3.63) is 59.3 Å². The van der Waals surface area contributed by atoms with E-state index in [-0.39, 0.29) is 11.2 Å². The zero-order chi connectivity index (χ0) is 17.6. The molecule has 2 aromatic carbocycles. The molecule has 0 saturated heterocycles. The summed E-state index contributed by atoms with van der Waals surface area (Å²) >= 11 is 1.61. The van der Waals surface area contributed by atoms with Gasteiger partial charge in [-0.1, -0.05) is 17.7 Å². The number of H-pyrrole nitrogens is 1. The molecule has 1 aliphatic heterocycles. The van der Waals surface area contributed by atoms with E-state index in [0.717, 1.165) is 17.3 Å². The first-order chi connectivity index (χ1) is 12.0. The number of rotatable bonds is 3. The molecule has 6 heteroatoms. The molecular weight excluding hydrogens is 334 g/mol. The molecule has 4 N–H and O–H groups in total. The van der Waals surface area contributed by atoms with Crippen molar-refractivity contribution in [3.8, 4) is 0 Å². The molecule has 0 saturated carbocycles. The van der Waals surface area contributed by atoms with E-state index in [9.17, 15) is 9.59 Å². The fraction of sp³-hybridized carbons (Fsp3) is 0.158. The van der Waals surface area contributed by atoms with Crippen LogP contribution in [0.1, 0.15) is 21.6 Å². The molecule has 0 radical (unpaired) electrons. The smallest absolute Gasteiger partial charge is 0.265 e. The number of primary amides is 1. The normalized spacial score (nSPS) is 16.0. The molecule has 0 bridgehead atoms. The monoisotopic (exact) mass is 351 g/mol. The van der Waals surface area contributed by atoms with Crippen molar-refractivity contribution in [1.82, 2.24) is 4.98 Å². The van der Waals surface area contributed by atoms with Crippen molar-refractivity contribution < 1.29 is 9.59 Å². The van der Waals surface area contributed by atoms with Crippen LogP contribution in [-0.2, 0) is 11.2 Å². The zero-order valence-corrected chi connectivity index (χ0v) is 14.4. The zero-order valence-electron chi connectivity index (χ0n) is 13.6. The largest absolute Gasteiger partial charge is 0.364 e. The Hall–Kier alpha value is -2.73. The fourth-order valence-electron chi connectivity index (χ4n) is 3.05. The van der Waals surface area contributed by atoms with Gasteiger partial charge in [0.15, 0.2) is 0 Å². The fourth-order valence-corrected chi connectivity index (χ4v) is 4.34. The van der Waals surface area contributed by atoms with Gasteiger partial charge in [0.1, 0.15) is 5.69 Å². The predicted octanol–water partition coefficient (Wildman–Crippen LogP) is 3.23. The first kappa shape index (κ1) is 15.8. The second-order valence-electron chi connectivity index (χ2n) is 6.26. The number of carbonyl (C=O) groups excluding carboxylic acids is 2. The van der Waals surface area contributed by atoms with E-state index in [1.807, 2.05) is 18.2 Å². The van der Waals surface area contributed by atoms with Crippen LogP contribution in [0.5, 0.6) is 0 Å². The van der Waals surface area contributed by atoms with Crippen molar-refractivity contribution in [2.24, 2.45) is 5.73 Å². The summed E-state index contributed by atoms with van der Waals surface area (Å²) in [5, 5.41) is 3.69. The van der Waals surface area contributed by atoms with Crippen LogP contribution in [0.25, 0.3) is 10.9 Å². The van der Waals surface area contributed by atoms with E-state index in [2.05, 4.69) is 35.4 Å². The molecule has 3 aromatic rings. The molecule has 0 spiro atoms. The molecule has 1 aromatic heterocycles. The van der Waals surface area contributed by atoms with Crippen LogP contribution in [-0.4, -0.2) is 22.0 Å². The molecule has 1 atom stereocenters. The van der Waals surface area contributed by atoms with E-state index in [1.54, 1.807) is 17.8 Å². The van der Waals surface area contributed by atoms with Crippen LogP contribution in [0.15, 0.2) is 47.4 Å². The number of aryl methyl sites for hydroxylation is 1. The van der Waals surface area contributed by atoms with E-state index >= 15 is 0 Å². The lowest BCUT2D eigenvalue weighted by Gasteiger charge is -2.10. The maximum atomic E-state index is 12.6. The summed E-state index contributed by atoms with van der Waals surface area (Å²) in [6, 6.07) is 13.5. The highest BCUT2D eigenvalue weighted by atomic mass is 32.2. The van der Waals surface area contributed by atoms with Crippen molar-refractivity contribution in [3.63, 3.8) is 0 Å². The van der Waals surface area contributed by atoms with Crippen LogP contribution >= 0.6 is 11.8 Å². The highest BCUT2D eigenvalue weighted by Crippen LogP contribution is 2.38. The average Bonchev–Trinajstić information content (AvgIpc) is 3.17. The van der Waals surface area contributed by atoms with Gasteiger partial charge < -0.3 is 16.0 Å². The number of anilines is 1. The Morgan fingerprint density at radius 2 is 2.04 bits per heavy atom. The van der Waals surface area contributed by atoms with Gasteiger partial charge in [-0.15, -0.1) is 11.8 Å². The van der Waals surface area contributed by atoms with Crippen LogP contribution in [0.4, 0.5) is 5.69 Å². The summed E-state index contributed by atoms with van der Waals surface area (Å²) in [6.45, 7) is 2.06. The topological polar surface area (TPSA) is 88.0 Å². The van der Waals surface area contributed by atoms with Gasteiger partial charge in [0, 0.05) is 21.5 Å². The van der Waals surface area contributed by atoms with E-state index in [0.29, 0.717) is 11.4 Å². The Morgan fingerprint density at radius 1 is 1.20 bits per heavy atom. The minimum Gasteiger partial charge on any atom is -0.364 e. The van der Waals surface area contributed by atoms with Crippen molar-refractivity contribution >= 4 is 40.2 Å². The first-order valence-corrected chi connectivity index (χ1v) is 8.87. The lowest BCUT2D eigenvalue weighted by atomic mass is 10.1. The summed E-state index contributed by atoms with van der Waals surface area (Å²) in [5.74, 6) is -0.513. The number of fused-ring (bicyclic) bond motifs is 2. The van der Waals surface area contributed by atoms with Gasteiger partial charge in [0.2, 0.25) is 5.91 Å². The van der Waals surface area contributed by atoms with Gasteiger partial charge in [0.05, 0.1) is 5.25 Å². The second-order valence-corrected chi connectivity index (χ2v) is 7.50. The number of aromatic nitrogens is 1. The molecular formula is C19H17N3O2S. The summed E-state index contributed by atoms with van der Waals surface area (Å²) in [7, 11) is 0. The van der Waals surface area contributed by atoms with Gasteiger partial charge in [-0.2, -0.15) is 0 Å². The molecule has 4 rings (SSSR count). The van der Waals surface area contributed by atoms with E-state index in [1.165, 1.54) is 16.0 Å². The van der Waals surface area contributed by atoms with Gasteiger partial charge in [-0.25, -0.2) is 0 Å². The standard InChI is InChI=1S/C19H17N3O2S/c1-10-2-3-11-9-17(25-16(11)6-10)19(24)21-13-4-5-14-12(7-13)8-15(22-14)18(20)23/h2-8,17,22H,9H2,1H3,(H2,20,23)(H,21,24). The van der Waals surface area contributed by atoms with Gasteiger partial charge in [0.25, 0.3) is 5.91 Å². The molecule has 2 heterocycles. The quantitative estimate of drug-likeness (QED) is 0.677. The third-order valence-corrected chi connectivity index (χ3v) is 5.64. The summed E-state index contributed by atoms with van der Waals surface area (Å²) in [4.78, 5) is 28.0. The number of nitrogens with one attached hydrogen (secondary N) is 2. The van der Waals surface area contributed by atoms with Crippen molar-refractivity contribution in [2.75, 3.05) is 5.32 Å². The molecule has 5 nitrogen and oxygen atoms in total. The predicted molar refractivity (Wildman–Crippen MR) is 100.0 cm³/mol. The Kier molecular flexibility index (Phi) is 3.77. The number of carbonyl (C=O) groups is 2. The molecule has 1 unspecified atom stereocenters. The minimum atomic E-state index is -0.503. The summed E-state index contributed by atoms with van der Waals surface area (Å²) in [5.41, 5.74) is 9.59. The minimum absolute atomic E-state index is 0.0103. The number of benzene rings is 2. The van der Waals surface area contributed by atoms with Crippen LogP contribution in [0, 0.1) is 6.92 Å². The Labute approximate surface area is 149 Å². The third-order valence-electron chi connectivity index (χ3n) is 4.34. The Bertz CT molecular complexity index is 1010. The molecule has 0 fully saturated rings. The first-order valence-electron chi connectivity index (χ1n) is 7.99. The molecule has 0 aliphatic carbocycles. The molecule has 25 heavy (non-hydrogen) atoms. The summed E-state index contributed by atoms with van der Waals surface area (Å²) in [6.07, 6.45) is 0.740. The molecule has 1 aliphatic rings. The molecule has 2 amide bonds. The van der Waals surface area contributed by atoms with Crippen LogP contribution < -0.4 is 11.1 Å². The van der Waals surface area contributed by atoms with Crippen molar-refractivity contribution in [2.45, 2.75) is 23.5 Å². The number of nitrogens with two attached hydrogens (primary N) is 1. The van der Waals surface area contributed by atoms with Gasteiger partial charge in [-0.05, 0) is 49.2 Å². The maximum absolute atomic E-state index is 12.6. The lowest BCUT2D eigenvalue weighted by Crippen LogP contribution is -2.24. The second kappa shape index (κ2) is 5.97. The highest BCUT2D eigenvalue weighted by molar-refractivity contribution is 8.01. The Morgan fingerprint density at radius 3 is 2.84 bits per heavy atom. The maximum Gasteiger partial charge on any atom is 0.265 e. The van der Waals surface area contributed by atoms with Gasteiger partial charge in [-0.3, -0.25) is 9.59 Å². The number of aromatic amines is 1. The van der Waals surface area contributed by atoms with Crippen molar-refractivity contribution in [1.29, 1.82) is 0 Å². The Balaban J connectivity index is 1.51. The van der Waals surface area contributed by atoms with Crippen LogP contribution in [0.3, 0.4) is 0 Å². The lowest BCUT2D eigenvalue weighted by molar-refractivity contribution is -0.115. The molecule has 126 valence electrons. The van der Waals surface area contributed by atoms with Crippen LogP contribution in [0.2, 0.25) is 0 Å². The number of hydrogen-bond donors (Lipinski definition) is 3. The highest BCUT2D eigenvalue weighted by Gasteiger charge is 2.28. The number of thioether (sulfide) groups is 1.